The summed E-state index contributed by atoms with van der Waals surface area (Å²) in [4.78, 5) is 12.6. The van der Waals surface area contributed by atoms with Gasteiger partial charge in [0.1, 0.15) is 31.0 Å². The van der Waals surface area contributed by atoms with Crippen LogP contribution >= 0.6 is 0 Å². The number of carbonyl (C=O) groups is 1. The zero-order valence-electron chi connectivity index (χ0n) is 38.0. The highest BCUT2D eigenvalue weighted by atomic mass is 16.7. The molecule has 7 nitrogen and oxygen atoms in total. The van der Waals surface area contributed by atoms with Gasteiger partial charge in [0.2, 0.25) is 0 Å². The number of ether oxygens (including phenoxy) is 3. The van der Waals surface area contributed by atoms with Crippen molar-refractivity contribution in [2.45, 2.75) is 239 Å². The van der Waals surface area contributed by atoms with Gasteiger partial charge in [0.05, 0.1) is 6.10 Å². The molecule has 1 aliphatic heterocycles. The van der Waals surface area contributed by atoms with Crippen molar-refractivity contribution in [1.29, 1.82) is 0 Å². The quantitative estimate of drug-likeness (QED) is 0.0506. The Hall–Kier alpha value is -1.25. The Morgan fingerprint density at radius 2 is 1.50 bits per heavy atom. The van der Waals surface area contributed by atoms with Crippen LogP contribution in [-0.4, -0.2) is 64.7 Å². The summed E-state index contributed by atoms with van der Waals surface area (Å²) in [7, 11) is 0. The van der Waals surface area contributed by atoms with Crippen LogP contribution in [0.2, 0.25) is 0 Å². The molecule has 1 saturated heterocycles. The average molecular weight is 813 g/mol. The number of aliphatic hydroxyl groups excluding tert-OH is 3. The SMILES string of the molecule is CCCCCCCC/C=C\CCCCCCCC(=O)OC[C@H]1O[C@@H](O[C@H]2CC[C@@]3(C)C(=CC[C@H]4[C@@H]5CC[C@H]([C@H](C)CCCC(C)C)[C@@]5(C)CC[C@@H]43)C2)[C@H](O)[C@@H](O)[C@@H]1O. The third kappa shape index (κ3) is 12.4. The molecule has 4 fully saturated rings. The van der Waals surface area contributed by atoms with Gasteiger partial charge in [-0.2, -0.15) is 0 Å². The summed E-state index contributed by atoms with van der Waals surface area (Å²) in [5, 5.41) is 32.5. The number of hydrogen-bond acceptors (Lipinski definition) is 7. The third-order valence-electron chi connectivity index (χ3n) is 16.3. The lowest BCUT2D eigenvalue weighted by atomic mass is 9.47. The van der Waals surface area contributed by atoms with E-state index in [1.807, 2.05) is 0 Å². The Labute approximate surface area is 354 Å². The fraction of sp³-hybridized carbons (Fsp3) is 0.902. The van der Waals surface area contributed by atoms with Crippen molar-refractivity contribution in [1.82, 2.24) is 0 Å². The summed E-state index contributed by atoms with van der Waals surface area (Å²) in [6.07, 6.45) is 30.2. The predicted molar refractivity (Wildman–Crippen MR) is 235 cm³/mol. The second kappa shape index (κ2) is 23.3. The molecule has 58 heavy (non-hydrogen) atoms. The molecule has 7 heteroatoms. The summed E-state index contributed by atoms with van der Waals surface area (Å²) in [6.45, 7) is 14.5. The fourth-order valence-corrected chi connectivity index (χ4v) is 12.7. The standard InChI is InChI=1S/C51H88O7/c1-7-8-9-10-11-12-13-14-15-16-17-18-19-20-21-25-45(52)56-35-44-46(53)47(54)48(55)49(58-44)57-39-30-32-50(5)38(34-39)26-27-40-42-29-28-41(37(4)24-22-23-36(2)3)51(42,6)33-31-43(40)50/h14-15,26,36-37,39-44,46-49,53-55H,7-13,16-25,27-35H2,1-6H3/b15-14-/t37-,39+,40+,41-,42+,43+,44-,46-,47+,48-,49-,50+,51-/m1/s1. The summed E-state index contributed by atoms with van der Waals surface area (Å²) >= 11 is 0. The Bertz CT molecular complexity index is 1280. The molecule has 1 heterocycles. The highest BCUT2D eigenvalue weighted by molar-refractivity contribution is 5.69. The lowest BCUT2D eigenvalue weighted by Gasteiger charge is -2.58. The van der Waals surface area contributed by atoms with Crippen LogP contribution in [0.15, 0.2) is 23.8 Å². The molecule has 5 rings (SSSR count). The minimum absolute atomic E-state index is 0.140. The first-order chi connectivity index (χ1) is 27.9. The van der Waals surface area contributed by atoms with Crippen LogP contribution in [0.3, 0.4) is 0 Å². The molecule has 0 aromatic heterocycles. The van der Waals surface area contributed by atoms with E-state index in [9.17, 15) is 20.1 Å². The summed E-state index contributed by atoms with van der Waals surface area (Å²) in [6, 6.07) is 0. The number of allylic oxidation sites excluding steroid dienone is 3. The van der Waals surface area contributed by atoms with Gasteiger partial charge in [-0.15, -0.1) is 0 Å². The number of hydrogen-bond donors (Lipinski definition) is 3. The smallest absolute Gasteiger partial charge is 0.305 e. The first kappa shape index (κ1) is 47.8. The molecular weight excluding hydrogens is 725 g/mol. The molecule has 0 aromatic rings. The molecule has 13 atom stereocenters. The van der Waals surface area contributed by atoms with Crippen LogP contribution in [-0.2, 0) is 19.0 Å². The van der Waals surface area contributed by atoms with E-state index in [4.69, 9.17) is 14.2 Å². The Morgan fingerprint density at radius 3 is 2.21 bits per heavy atom. The number of unbranched alkanes of at least 4 members (excludes halogenated alkanes) is 11. The summed E-state index contributed by atoms with van der Waals surface area (Å²) in [5.74, 6) is 4.43. The minimum Gasteiger partial charge on any atom is -0.463 e. The van der Waals surface area contributed by atoms with Crippen molar-refractivity contribution >= 4 is 5.97 Å². The van der Waals surface area contributed by atoms with Crippen molar-refractivity contribution in [3.8, 4) is 0 Å². The number of rotatable bonds is 24. The van der Waals surface area contributed by atoms with Gasteiger partial charge in [-0.05, 0) is 130 Å². The van der Waals surface area contributed by atoms with Gasteiger partial charge in [0, 0.05) is 6.42 Å². The fourth-order valence-electron chi connectivity index (χ4n) is 12.7. The van der Waals surface area contributed by atoms with Crippen LogP contribution in [0.1, 0.15) is 202 Å². The zero-order chi connectivity index (χ0) is 41.7. The van der Waals surface area contributed by atoms with Gasteiger partial charge in [-0.3, -0.25) is 4.79 Å². The molecule has 0 radical (unpaired) electrons. The maximum atomic E-state index is 12.6. The van der Waals surface area contributed by atoms with Crippen LogP contribution in [0.5, 0.6) is 0 Å². The molecule has 0 aromatic carbocycles. The molecular formula is C51H88O7. The molecule has 0 bridgehead atoms. The maximum absolute atomic E-state index is 12.6. The first-order valence-electron chi connectivity index (χ1n) is 24.7. The van der Waals surface area contributed by atoms with Gasteiger partial charge in [0.25, 0.3) is 0 Å². The third-order valence-corrected chi connectivity index (χ3v) is 16.3. The molecule has 3 saturated carbocycles. The van der Waals surface area contributed by atoms with Crippen molar-refractivity contribution < 1.29 is 34.3 Å². The topological polar surface area (TPSA) is 105 Å². The van der Waals surface area contributed by atoms with Crippen molar-refractivity contribution in [3.63, 3.8) is 0 Å². The minimum atomic E-state index is -1.44. The zero-order valence-corrected chi connectivity index (χ0v) is 38.0. The van der Waals surface area contributed by atoms with Crippen LogP contribution in [0.25, 0.3) is 0 Å². The number of esters is 1. The van der Waals surface area contributed by atoms with Gasteiger partial charge < -0.3 is 29.5 Å². The Balaban J connectivity index is 1.01. The summed E-state index contributed by atoms with van der Waals surface area (Å²) in [5.41, 5.74) is 2.14. The lowest BCUT2D eigenvalue weighted by Crippen LogP contribution is -2.60. The molecule has 0 unspecified atom stereocenters. The number of carbonyl (C=O) groups excluding carboxylic acids is 1. The highest BCUT2D eigenvalue weighted by Gasteiger charge is 2.59. The molecule has 4 aliphatic carbocycles. The van der Waals surface area contributed by atoms with E-state index in [-0.39, 0.29) is 24.1 Å². The Kier molecular flexibility index (Phi) is 19.2. The molecule has 5 aliphatic rings. The second-order valence-corrected chi connectivity index (χ2v) is 20.8. The van der Waals surface area contributed by atoms with Crippen molar-refractivity contribution in [2.24, 2.45) is 46.3 Å². The van der Waals surface area contributed by atoms with E-state index < -0.39 is 30.7 Å². The van der Waals surface area contributed by atoms with Crippen molar-refractivity contribution in [2.75, 3.05) is 6.61 Å². The van der Waals surface area contributed by atoms with Crippen LogP contribution in [0, 0.1) is 46.3 Å². The molecule has 0 spiro atoms. The molecule has 334 valence electrons. The lowest BCUT2D eigenvalue weighted by molar-refractivity contribution is -0.313. The number of fused-ring (bicyclic) bond motifs is 5. The van der Waals surface area contributed by atoms with E-state index in [1.165, 1.54) is 102 Å². The second-order valence-electron chi connectivity index (χ2n) is 20.8. The van der Waals surface area contributed by atoms with E-state index in [2.05, 4.69) is 59.8 Å². The molecule has 0 amide bonds. The normalized spacial score (nSPS) is 36.7. The van der Waals surface area contributed by atoms with Gasteiger partial charge >= 0.3 is 5.97 Å². The first-order valence-corrected chi connectivity index (χ1v) is 24.7. The van der Waals surface area contributed by atoms with E-state index in [0.29, 0.717) is 17.8 Å². The highest BCUT2D eigenvalue weighted by Crippen LogP contribution is 2.67. The van der Waals surface area contributed by atoms with Gasteiger partial charge in [0.15, 0.2) is 6.29 Å². The monoisotopic (exact) mass is 813 g/mol. The number of aliphatic hydroxyl groups is 3. The maximum Gasteiger partial charge on any atom is 0.305 e. The average Bonchev–Trinajstić information content (AvgIpc) is 3.56. The summed E-state index contributed by atoms with van der Waals surface area (Å²) < 4.78 is 18.0. The van der Waals surface area contributed by atoms with E-state index in [0.717, 1.165) is 87.4 Å². The van der Waals surface area contributed by atoms with E-state index in [1.54, 1.807) is 0 Å². The van der Waals surface area contributed by atoms with Gasteiger partial charge in [-0.25, -0.2) is 0 Å². The van der Waals surface area contributed by atoms with E-state index >= 15 is 0 Å². The molecule has 3 N–H and O–H groups in total. The van der Waals surface area contributed by atoms with Crippen LogP contribution in [0.4, 0.5) is 0 Å². The van der Waals surface area contributed by atoms with Crippen molar-refractivity contribution in [3.05, 3.63) is 23.8 Å². The largest absolute Gasteiger partial charge is 0.463 e. The van der Waals surface area contributed by atoms with Gasteiger partial charge in [-0.1, -0.05) is 136 Å². The van der Waals surface area contributed by atoms with Crippen LogP contribution < -0.4 is 0 Å². The Morgan fingerprint density at radius 1 is 0.810 bits per heavy atom. The predicted octanol–water partition coefficient (Wildman–Crippen LogP) is 11.8.